The van der Waals surface area contributed by atoms with E-state index in [0.29, 0.717) is 13.0 Å². The third-order valence-corrected chi connectivity index (χ3v) is 4.18. The zero-order valence-corrected chi connectivity index (χ0v) is 13.2. The number of carbonyl (C=O) groups is 1. The fourth-order valence-electron chi connectivity index (χ4n) is 2.57. The van der Waals surface area contributed by atoms with Gasteiger partial charge in [-0.15, -0.1) is 0 Å². The molecular formula is C14H17BrN2O4. The van der Waals surface area contributed by atoms with E-state index >= 15 is 0 Å². The zero-order chi connectivity index (χ0) is 15.4. The van der Waals surface area contributed by atoms with Crippen molar-refractivity contribution in [2.24, 2.45) is 0 Å². The van der Waals surface area contributed by atoms with E-state index in [2.05, 4.69) is 21.2 Å². The van der Waals surface area contributed by atoms with E-state index < -0.39 is 24.3 Å². The third-order valence-electron chi connectivity index (χ3n) is 3.66. The molecule has 1 saturated heterocycles. The highest BCUT2D eigenvalue weighted by Gasteiger charge is 2.41. The average molecular weight is 357 g/mol. The van der Waals surface area contributed by atoms with E-state index in [1.807, 2.05) is 24.3 Å². The second-order valence-corrected chi connectivity index (χ2v) is 5.89. The molecule has 0 radical (unpaired) electrons. The summed E-state index contributed by atoms with van der Waals surface area (Å²) in [6.07, 6.45) is 0.0196. The van der Waals surface area contributed by atoms with Crippen LogP contribution in [0.1, 0.15) is 25.0 Å². The number of nitrogens with zero attached hydrogens (tertiary/aromatic N) is 1. The molecule has 1 heterocycles. The van der Waals surface area contributed by atoms with Crippen LogP contribution in [-0.4, -0.2) is 35.9 Å². The molecule has 1 N–H and O–H groups in total. The number of halogens is 1. The van der Waals surface area contributed by atoms with Gasteiger partial charge in [0.05, 0.1) is 0 Å². The molecule has 1 unspecified atom stereocenters. The molecule has 1 fully saturated rings. The highest BCUT2D eigenvalue weighted by molar-refractivity contribution is 9.10. The van der Waals surface area contributed by atoms with Gasteiger partial charge in [-0.3, -0.25) is 10.1 Å². The van der Waals surface area contributed by atoms with E-state index in [0.717, 1.165) is 16.3 Å². The Hall–Kier alpha value is -1.31. The molecule has 0 aliphatic carbocycles. The van der Waals surface area contributed by atoms with Crippen molar-refractivity contribution in [2.75, 3.05) is 6.54 Å². The van der Waals surface area contributed by atoms with Gasteiger partial charge in [-0.25, -0.2) is 0 Å². The minimum atomic E-state index is -0.758. The Morgan fingerprint density at radius 1 is 1.52 bits per heavy atom. The van der Waals surface area contributed by atoms with E-state index in [-0.39, 0.29) is 4.92 Å². The number of rotatable bonds is 5. The number of hydrogen-bond acceptors (Lipinski definition) is 5. The van der Waals surface area contributed by atoms with Gasteiger partial charge in [0.15, 0.2) is 0 Å². The summed E-state index contributed by atoms with van der Waals surface area (Å²) in [7, 11) is 0. The maximum Gasteiger partial charge on any atom is 0.230 e. The first kappa shape index (κ1) is 16.1. The molecule has 0 spiro atoms. The summed E-state index contributed by atoms with van der Waals surface area (Å²) >= 11 is 3.36. The van der Waals surface area contributed by atoms with Crippen molar-refractivity contribution in [1.29, 1.82) is 0 Å². The monoisotopic (exact) mass is 356 g/mol. The van der Waals surface area contributed by atoms with Gasteiger partial charge in [0.25, 0.3) is 0 Å². The molecule has 0 amide bonds. The van der Waals surface area contributed by atoms with E-state index in [1.165, 1.54) is 0 Å². The average Bonchev–Trinajstić information content (AvgIpc) is 2.49. The quantitative estimate of drug-likeness (QED) is 0.496. The largest absolute Gasteiger partial charge is 0.360 e. The maximum atomic E-state index is 11.2. The first-order valence-corrected chi connectivity index (χ1v) is 7.59. The molecular weight excluding hydrogens is 340 g/mol. The Bertz CT molecular complexity index is 508. The molecule has 1 aliphatic heterocycles. The summed E-state index contributed by atoms with van der Waals surface area (Å²) in [6.45, 7) is 2.07. The van der Waals surface area contributed by atoms with Gasteiger partial charge in [-0.2, -0.15) is 0 Å². The fraction of sp³-hybridized carbons (Fsp3) is 0.500. The number of nitro groups is 1. The lowest BCUT2D eigenvalue weighted by atomic mass is 9.93. The van der Waals surface area contributed by atoms with Crippen molar-refractivity contribution < 1.29 is 14.5 Å². The molecule has 6 nitrogen and oxygen atoms in total. The number of ether oxygens (including phenoxy) is 1. The van der Waals surface area contributed by atoms with Gasteiger partial charge in [0.1, 0.15) is 24.5 Å². The van der Waals surface area contributed by atoms with Crippen LogP contribution in [0.2, 0.25) is 0 Å². The summed E-state index contributed by atoms with van der Waals surface area (Å²) in [5.41, 5.74) is 0.822. The lowest BCUT2D eigenvalue weighted by Gasteiger charge is -2.36. The lowest BCUT2D eigenvalue weighted by Crippen LogP contribution is -2.55. The van der Waals surface area contributed by atoms with Crippen molar-refractivity contribution in [3.05, 3.63) is 44.4 Å². The number of hydrogen-bond donors (Lipinski definition) is 1. The van der Waals surface area contributed by atoms with Crippen LogP contribution in [0.3, 0.4) is 0 Å². The molecule has 4 atom stereocenters. The Labute approximate surface area is 131 Å². The van der Waals surface area contributed by atoms with Crippen molar-refractivity contribution in [3.63, 3.8) is 0 Å². The zero-order valence-electron chi connectivity index (χ0n) is 11.6. The Balaban J connectivity index is 2.30. The van der Waals surface area contributed by atoms with Gasteiger partial charge in [-0.05, 0) is 17.7 Å². The standard InChI is InChI=1S/C14H17BrN2O4/c1-2-12(17(19)20)13-14(21-11(8-18)7-16-13)9-3-5-10(15)6-4-9/h3-6,8,11-14,16H,2,7H2,1H3/t11-,12+,13-,14?/m1/s1. The van der Waals surface area contributed by atoms with E-state index in [4.69, 9.17) is 4.74 Å². The third kappa shape index (κ3) is 3.66. The van der Waals surface area contributed by atoms with Crippen molar-refractivity contribution in [3.8, 4) is 0 Å². The van der Waals surface area contributed by atoms with Gasteiger partial charge in [0, 0.05) is 22.4 Å². The molecule has 0 saturated carbocycles. The smallest absolute Gasteiger partial charge is 0.230 e. The molecule has 0 aromatic heterocycles. The van der Waals surface area contributed by atoms with Crippen LogP contribution in [0, 0.1) is 10.1 Å². The Morgan fingerprint density at radius 2 is 2.19 bits per heavy atom. The second kappa shape index (κ2) is 7.11. The minimum Gasteiger partial charge on any atom is -0.360 e. The van der Waals surface area contributed by atoms with Crippen LogP contribution >= 0.6 is 15.9 Å². The Morgan fingerprint density at radius 3 is 2.71 bits per heavy atom. The van der Waals surface area contributed by atoms with Crippen LogP contribution in [0.25, 0.3) is 0 Å². The summed E-state index contributed by atoms with van der Waals surface area (Å²) in [6, 6.07) is 6.20. The van der Waals surface area contributed by atoms with E-state index in [1.54, 1.807) is 6.92 Å². The summed E-state index contributed by atoms with van der Waals surface area (Å²) in [5, 5.41) is 14.4. The first-order chi connectivity index (χ1) is 10.1. The number of morpholine rings is 1. The number of aldehydes is 1. The molecule has 114 valence electrons. The minimum absolute atomic E-state index is 0.284. The first-order valence-electron chi connectivity index (χ1n) is 6.80. The topological polar surface area (TPSA) is 81.5 Å². The molecule has 1 aliphatic rings. The highest BCUT2D eigenvalue weighted by Crippen LogP contribution is 2.30. The lowest BCUT2D eigenvalue weighted by molar-refractivity contribution is -0.530. The summed E-state index contributed by atoms with van der Waals surface area (Å²) in [4.78, 5) is 21.9. The number of carbonyl (C=O) groups excluding carboxylic acids is 1. The van der Waals surface area contributed by atoms with Gasteiger partial charge in [-0.1, -0.05) is 35.0 Å². The van der Waals surface area contributed by atoms with Crippen LogP contribution < -0.4 is 5.32 Å². The molecule has 7 heteroatoms. The van der Waals surface area contributed by atoms with Gasteiger partial charge in [0.2, 0.25) is 6.04 Å². The Kier molecular flexibility index (Phi) is 5.44. The summed E-state index contributed by atoms with van der Waals surface area (Å²) < 4.78 is 6.67. The SMILES string of the molecule is CC[C@@H]([C@H]1NC[C@H](C=O)OC1c1ccc(Br)cc1)[N+](=O)[O-]. The predicted octanol–water partition coefficient (Wildman–Crippen LogP) is 2.10. The van der Waals surface area contributed by atoms with Crippen molar-refractivity contribution in [1.82, 2.24) is 5.32 Å². The molecule has 0 bridgehead atoms. The second-order valence-electron chi connectivity index (χ2n) is 4.98. The van der Waals surface area contributed by atoms with Crippen LogP contribution in [0.15, 0.2) is 28.7 Å². The molecule has 1 aromatic carbocycles. The van der Waals surface area contributed by atoms with Crippen molar-refractivity contribution >= 4 is 22.2 Å². The molecule has 2 rings (SSSR count). The molecule has 1 aromatic rings. The summed E-state index contributed by atoms with van der Waals surface area (Å²) in [5.74, 6) is 0. The maximum absolute atomic E-state index is 11.2. The highest BCUT2D eigenvalue weighted by atomic mass is 79.9. The fourth-order valence-corrected chi connectivity index (χ4v) is 2.84. The van der Waals surface area contributed by atoms with Crippen LogP contribution in [0.4, 0.5) is 0 Å². The van der Waals surface area contributed by atoms with E-state index in [9.17, 15) is 14.9 Å². The molecule has 21 heavy (non-hydrogen) atoms. The van der Waals surface area contributed by atoms with Crippen LogP contribution in [-0.2, 0) is 9.53 Å². The number of benzene rings is 1. The van der Waals surface area contributed by atoms with Gasteiger partial charge < -0.3 is 14.8 Å². The normalized spacial score (nSPS) is 27.0. The predicted molar refractivity (Wildman–Crippen MR) is 80.7 cm³/mol. The van der Waals surface area contributed by atoms with Crippen molar-refractivity contribution in [2.45, 2.75) is 37.6 Å². The van der Waals surface area contributed by atoms with Gasteiger partial charge >= 0.3 is 0 Å². The number of nitrogens with one attached hydrogen (secondary N) is 1. The van der Waals surface area contributed by atoms with Crippen LogP contribution in [0.5, 0.6) is 0 Å².